The Morgan fingerprint density at radius 1 is 1.25 bits per heavy atom. The van der Waals surface area contributed by atoms with Crippen molar-refractivity contribution in [1.82, 2.24) is 14.4 Å². The number of sulfonamides is 1. The molecule has 0 saturated carbocycles. The summed E-state index contributed by atoms with van der Waals surface area (Å²) in [4.78, 5) is 14.6. The number of aromatic nitrogens is 1. The first-order valence-electron chi connectivity index (χ1n) is 11.2. The van der Waals surface area contributed by atoms with Crippen molar-refractivity contribution >= 4 is 28.1 Å². The van der Waals surface area contributed by atoms with Gasteiger partial charge in [-0.05, 0) is 44.7 Å². The molecule has 2 heterocycles. The first kappa shape index (κ1) is 24.2. The molecular formula is C24H33N3O4S. The SMILES string of the molecule is CCCCN(C)C(=O)C1CCCN(S(=O)(=O)c2c(C)noc2C=Cc2ccc(C)cc2)C1. The van der Waals surface area contributed by atoms with Crippen molar-refractivity contribution in [2.24, 2.45) is 5.92 Å². The molecule has 8 heteroatoms. The molecule has 0 spiro atoms. The minimum Gasteiger partial charge on any atom is -0.355 e. The highest BCUT2D eigenvalue weighted by Gasteiger charge is 2.37. The van der Waals surface area contributed by atoms with Gasteiger partial charge in [-0.2, -0.15) is 4.31 Å². The molecule has 32 heavy (non-hydrogen) atoms. The summed E-state index contributed by atoms with van der Waals surface area (Å²) < 4.78 is 33.8. The number of piperidine rings is 1. The summed E-state index contributed by atoms with van der Waals surface area (Å²) in [5, 5.41) is 3.91. The maximum Gasteiger partial charge on any atom is 0.248 e. The smallest absolute Gasteiger partial charge is 0.248 e. The number of hydrogen-bond donors (Lipinski definition) is 0. The average molecular weight is 460 g/mol. The van der Waals surface area contributed by atoms with Gasteiger partial charge >= 0.3 is 0 Å². The second-order valence-corrected chi connectivity index (χ2v) is 10.4. The summed E-state index contributed by atoms with van der Waals surface area (Å²) >= 11 is 0. The van der Waals surface area contributed by atoms with Gasteiger partial charge in [0.05, 0.1) is 5.92 Å². The van der Waals surface area contributed by atoms with E-state index in [4.69, 9.17) is 4.52 Å². The fourth-order valence-corrected chi connectivity index (χ4v) is 5.73. The highest BCUT2D eigenvalue weighted by atomic mass is 32.2. The molecule has 0 radical (unpaired) electrons. The van der Waals surface area contributed by atoms with Gasteiger partial charge in [-0.3, -0.25) is 4.79 Å². The minimum absolute atomic E-state index is 0.0138. The summed E-state index contributed by atoms with van der Waals surface area (Å²) in [6.45, 7) is 6.98. The molecule has 1 unspecified atom stereocenters. The van der Waals surface area contributed by atoms with Crippen LogP contribution in [0.4, 0.5) is 0 Å². The molecule has 0 bridgehead atoms. The Morgan fingerprint density at radius 2 is 1.97 bits per heavy atom. The van der Waals surface area contributed by atoms with Gasteiger partial charge in [0.2, 0.25) is 15.9 Å². The zero-order valence-corrected chi connectivity index (χ0v) is 20.2. The van der Waals surface area contributed by atoms with E-state index in [9.17, 15) is 13.2 Å². The molecule has 1 aliphatic rings. The van der Waals surface area contributed by atoms with Crippen LogP contribution in [0.3, 0.4) is 0 Å². The molecule has 1 aromatic heterocycles. The highest BCUT2D eigenvalue weighted by molar-refractivity contribution is 7.89. The first-order valence-corrected chi connectivity index (χ1v) is 12.6. The van der Waals surface area contributed by atoms with Crippen LogP contribution in [0.25, 0.3) is 12.2 Å². The summed E-state index contributed by atoms with van der Waals surface area (Å²) in [6, 6.07) is 7.90. The molecule has 1 aromatic carbocycles. The Kier molecular flexibility index (Phi) is 7.90. The van der Waals surface area contributed by atoms with Crippen molar-refractivity contribution in [3.05, 3.63) is 46.8 Å². The molecule has 7 nitrogen and oxygen atoms in total. The second-order valence-electron chi connectivity index (χ2n) is 8.52. The molecule has 0 N–H and O–H groups in total. The number of amides is 1. The topological polar surface area (TPSA) is 83.7 Å². The molecule has 174 valence electrons. The summed E-state index contributed by atoms with van der Waals surface area (Å²) in [5.74, 6) is -0.108. The number of hydrogen-bond acceptors (Lipinski definition) is 5. The largest absolute Gasteiger partial charge is 0.355 e. The molecular weight excluding hydrogens is 426 g/mol. The Morgan fingerprint density at radius 3 is 2.66 bits per heavy atom. The number of rotatable bonds is 8. The number of unbranched alkanes of at least 4 members (excludes halogenated alkanes) is 1. The zero-order valence-electron chi connectivity index (χ0n) is 19.4. The lowest BCUT2D eigenvalue weighted by atomic mass is 9.98. The zero-order chi connectivity index (χ0) is 23.3. The van der Waals surface area contributed by atoms with Gasteiger partial charge in [-0.1, -0.05) is 54.4 Å². The van der Waals surface area contributed by atoms with Crippen LogP contribution in [0.2, 0.25) is 0 Å². The number of aryl methyl sites for hydroxylation is 2. The molecule has 0 aliphatic carbocycles. The minimum atomic E-state index is -3.85. The fourth-order valence-electron chi connectivity index (χ4n) is 3.96. The lowest BCUT2D eigenvalue weighted by Gasteiger charge is -2.33. The van der Waals surface area contributed by atoms with Crippen molar-refractivity contribution in [1.29, 1.82) is 0 Å². The van der Waals surface area contributed by atoms with Crippen LogP contribution < -0.4 is 0 Å². The van der Waals surface area contributed by atoms with Gasteiger partial charge in [-0.25, -0.2) is 8.42 Å². The number of carbonyl (C=O) groups is 1. The van der Waals surface area contributed by atoms with Gasteiger partial charge < -0.3 is 9.42 Å². The van der Waals surface area contributed by atoms with Crippen LogP contribution in [0.5, 0.6) is 0 Å². The van der Waals surface area contributed by atoms with Gasteiger partial charge in [0.1, 0.15) is 5.69 Å². The van der Waals surface area contributed by atoms with Crippen molar-refractivity contribution in [2.45, 2.75) is 51.3 Å². The maximum absolute atomic E-state index is 13.5. The Labute approximate surface area is 191 Å². The Balaban J connectivity index is 1.81. The monoisotopic (exact) mass is 459 g/mol. The molecule has 1 amide bonds. The normalized spacial score (nSPS) is 17.7. The number of carbonyl (C=O) groups excluding carboxylic acids is 1. The summed E-state index contributed by atoms with van der Waals surface area (Å²) in [7, 11) is -2.05. The molecule has 1 saturated heterocycles. The van der Waals surface area contributed by atoms with E-state index >= 15 is 0 Å². The van der Waals surface area contributed by atoms with Crippen LogP contribution in [0.15, 0.2) is 33.7 Å². The van der Waals surface area contributed by atoms with Crippen molar-refractivity contribution in [3.8, 4) is 0 Å². The van der Waals surface area contributed by atoms with E-state index in [0.29, 0.717) is 31.6 Å². The van der Waals surface area contributed by atoms with Crippen LogP contribution in [-0.2, 0) is 14.8 Å². The van der Waals surface area contributed by atoms with Crippen LogP contribution >= 0.6 is 0 Å². The summed E-state index contributed by atoms with van der Waals surface area (Å²) in [5.41, 5.74) is 2.41. The van der Waals surface area contributed by atoms with Crippen LogP contribution in [0.1, 0.15) is 55.2 Å². The third kappa shape index (κ3) is 5.48. The van der Waals surface area contributed by atoms with Gasteiger partial charge in [0.25, 0.3) is 0 Å². The van der Waals surface area contributed by atoms with Crippen LogP contribution in [0, 0.1) is 19.8 Å². The van der Waals surface area contributed by atoms with Crippen molar-refractivity contribution < 1.29 is 17.7 Å². The second kappa shape index (κ2) is 10.4. The van der Waals surface area contributed by atoms with E-state index in [1.54, 1.807) is 24.9 Å². The van der Waals surface area contributed by atoms with E-state index in [2.05, 4.69) is 12.1 Å². The molecule has 2 aromatic rings. The molecule has 3 rings (SSSR count). The molecule has 1 atom stereocenters. The van der Waals surface area contributed by atoms with E-state index < -0.39 is 10.0 Å². The number of nitrogens with zero attached hydrogens (tertiary/aromatic N) is 3. The Hall–Kier alpha value is -2.45. The predicted octanol–water partition coefficient (Wildman–Crippen LogP) is 4.12. The summed E-state index contributed by atoms with van der Waals surface area (Å²) in [6.07, 6.45) is 6.74. The standard InChI is InChI=1S/C24H33N3O4S/c1-5-6-15-26(4)24(28)21-8-7-16-27(17-21)32(29,30)23-19(3)25-31-22(23)14-13-20-11-9-18(2)10-12-20/h9-14,21H,5-8,15-17H2,1-4H3. The highest BCUT2D eigenvalue weighted by Crippen LogP contribution is 2.29. The van der Waals surface area contributed by atoms with E-state index in [0.717, 1.165) is 24.0 Å². The van der Waals surface area contributed by atoms with Crippen molar-refractivity contribution in [2.75, 3.05) is 26.7 Å². The van der Waals surface area contributed by atoms with Crippen LogP contribution in [-0.4, -0.2) is 55.4 Å². The van der Waals surface area contributed by atoms with Gasteiger partial charge in [0.15, 0.2) is 10.7 Å². The molecule has 1 aliphatic heterocycles. The van der Waals surface area contributed by atoms with Gasteiger partial charge in [-0.15, -0.1) is 0 Å². The fraction of sp³-hybridized carbons (Fsp3) is 0.500. The lowest BCUT2D eigenvalue weighted by molar-refractivity contribution is -0.135. The van der Waals surface area contributed by atoms with E-state index in [-0.39, 0.29) is 29.0 Å². The third-order valence-corrected chi connectivity index (χ3v) is 7.92. The number of benzene rings is 1. The van der Waals surface area contributed by atoms with E-state index in [1.807, 2.05) is 37.3 Å². The third-order valence-electron chi connectivity index (χ3n) is 5.89. The average Bonchev–Trinajstić information content (AvgIpc) is 3.17. The maximum atomic E-state index is 13.5. The van der Waals surface area contributed by atoms with E-state index in [1.165, 1.54) is 4.31 Å². The first-order chi connectivity index (χ1) is 15.2. The van der Waals surface area contributed by atoms with Gasteiger partial charge in [0, 0.05) is 26.7 Å². The lowest BCUT2D eigenvalue weighted by Crippen LogP contribution is -2.46. The predicted molar refractivity (Wildman–Crippen MR) is 125 cm³/mol. The quantitative estimate of drug-likeness (QED) is 0.593. The van der Waals surface area contributed by atoms with Crippen molar-refractivity contribution in [3.63, 3.8) is 0 Å². The molecule has 1 fully saturated rings. The Bertz CT molecular complexity index is 1060.